The Labute approximate surface area is 141 Å². The molecule has 1 N–H and O–H groups in total. The van der Waals surface area contributed by atoms with Gasteiger partial charge in [-0.15, -0.1) is 0 Å². The van der Waals surface area contributed by atoms with Crippen LogP contribution in [0.3, 0.4) is 0 Å². The van der Waals surface area contributed by atoms with Crippen LogP contribution >= 0.6 is 0 Å². The van der Waals surface area contributed by atoms with E-state index in [1.165, 1.54) is 24.4 Å². The van der Waals surface area contributed by atoms with Crippen molar-refractivity contribution in [3.05, 3.63) is 60.4 Å². The van der Waals surface area contributed by atoms with Gasteiger partial charge in [0.1, 0.15) is 5.69 Å². The average molecular weight is 363 g/mol. The molecule has 128 valence electrons. The van der Waals surface area contributed by atoms with Gasteiger partial charge in [0.2, 0.25) is 9.84 Å². The Morgan fingerprint density at radius 1 is 1.00 bits per heavy atom. The monoisotopic (exact) mass is 363 g/mol. The van der Waals surface area contributed by atoms with Crippen LogP contribution in [0.5, 0.6) is 0 Å². The van der Waals surface area contributed by atoms with E-state index in [1.807, 2.05) is 0 Å². The molecule has 0 aliphatic rings. The van der Waals surface area contributed by atoms with Gasteiger partial charge in [0.25, 0.3) is 5.91 Å². The van der Waals surface area contributed by atoms with E-state index in [-0.39, 0.29) is 11.4 Å². The predicted molar refractivity (Wildman–Crippen MR) is 87.1 cm³/mol. The Hall–Kier alpha value is -2.94. The highest BCUT2D eigenvalue weighted by Gasteiger charge is 2.29. The number of sulfone groups is 1. The first kappa shape index (κ1) is 16.9. The lowest BCUT2D eigenvalue weighted by Gasteiger charge is -2.11. The highest BCUT2D eigenvalue weighted by Crippen LogP contribution is 2.26. The third-order valence-electron chi connectivity index (χ3n) is 3.36. The quantitative estimate of drug-likeness (QED) is 0.770. The van der Waals surface area contributed by atoms with E-state index >= 15 is 0 Å². The Morgan fingerprint density at radius 3 is 2.36 bits per heavy atom. The van der Waals surface area contributed by atoms with Gasteiger partial charge < -0.3 is 5.32 Å². The summed E-state index contributed by atoms with van der Waals surface area (Å²) < 4.78 is 49.0. The van der Waals surface area contributed by atoms with E-state index in [0.29, 0.717) is 11.0 Å². The molecule has 0 atom stereocenters. The van der Waals surface area contributed by atoms with Crippen molar-refractivity contribution in [2.24, 2.45) is 0 Å². The van der Waals surface area contributed by atoms with Crippen molar-refractivity contribution in [2.75, 3.05) is 5.32 Å². The van der Waals surface area contributed by atoms with E-state index < -0.39 is 26.4 Å². The molecule has 9 heteroatoms. The molecular weight excluding hydrogens is 352 g/mol. The number of halogens is 2. The van der Waals surface area contributed by atoms with Crippen LogP contribution in [0, 0.1) is 0 Å². The van der Waals surface area contributed by atoms with E-state index in [0.717, 1.165) is 6.07 Å². The van der Waals surface area contributed by atoms with E-state index in [4.69, 9.17) is 0 Å². The normalized spacial score (nSPS) is 11.6. The zero-order chi connectivity index (χ0) is 18.0. The first-order valence-electron chi connectivity index (χ1n) is 7.04. The standard InChI is InChI=1S/C16H11F2N3O3S/c17-16(18)25(23,24)14-8-4-3-7-12(14)21-15(22)13-9-19-10-5-1-2-6-11(10)20-13/h1-9,16H,(H,21,22). The largest absolute Gasteiger partial charge is 0.341 e. The first-order valence-corrected chi connectivity index (χ1v) is 8.58. The number of carbonyl (C=O) groups excluding carboxylic acids is 1. The molecule has 1 amide bonds. The maximum absolute atomic E-state index is 12.8. The lowest BCUT2D eigenvalue weighted by Crippen LogP contribution is -2.18. The molecule has 0 aliphatic heterocycles. The topological polar surface area (TPSA) is 89.0 Å². The molecule has 3 aromatic rings. The van der Waals surface area contributed by atoms with Crippen LogP contribution in [0.1, 0.15) is 10.5 Å². The van der Waals surface area contributed by atoms with Crippen molar-refractivity contribution >= 4 is 32.5 Å². The lowest BCUT2D eigenvalue weighted by molar-refractivity contribution is 0.102. The molecule has 0 aliphatic carbocycles. The van der Waals surface area contributed by atoms with Gasteiger partial charge in [0.15, 0.2) is 0 Å². The van der Waals surface area contributed by atoms with Crippen LogP contribution in [0.2, 0.25) is 0 Å². The minimum atomic E-state index is -4.85. The van der Waals surface area contributed by atoms with Gasteiger partial charge >= 0.3 is 5.76 Å². The van der Waals surface area contributed by atoms with Crippen molar-refractivity contribution in [1.29, 1.82) is 0 Å². The number of hydrogen-bond acceptors (Lipinski definition) is 5. The van der Waals surface area contributed by atoms with E-state index in [9.17, 15) is 22.0 Å². The number of amides is 1. The zero-order valence-electron chi connectivity index (χ0n) is 12.6. The summed E-state index contributed by atoms with van der Waals surface area (Å²) >= 11 is 0. The summed E-state index contributed by atoms with van der Waals surface area (Å²) in [6, 6.07) is 11.8. The number of hydrogen-bond donors (Lipinski definition) is 1. The minimum absolute atomic E-state index is 0.0667. The number of aromatic nitrogens is 2. The van der Waals surface area contributed by atoms with Crippen LogP contribution in [-0.2, 0) is 9.84 Å². The lowest BCUT2D eigenvalue weighted by atomic mass is 10.2. The average Bonchev–Trinajstić information content (AvgIpc) is 2.61. The fraction of sp³-hybridized carbons (Fsp3) is 0.0625. The second kappa shape index (κ2) is 6.52. The molecular formula is C16H11F2N3O3S. The van der Waals surface area contributed by atoms with Crippen molar-refractivity contribution in [3.8, 4) is 0 Å². The molecule has 6 nitrogen and oxygen atoms in total. The van der Waals surface area contributed by atoms with Crippen molar-refractivity contribution in [2.45, 2.75) is 10.7 Å². The smallest absolute Gasteiger partial charge is 0.319 e. The number of fused-ring (bicyclic) bond motifs is 1. The molecule has 1 aromatic heterocycles. The summed E-state index contributed by atoms with van der Waals surface area (Å²) in [5, 5.41) is 2.30. The van der Waals surface area contributed by atoms with Crippen molar-refractivity contribution in [3.63, 3.8) is 0 Å². The van der Waals surface area contributed by atoms with E-state index in [1.54, 1.807) is 24.3 Å². The number of carbonyl (C=O) groups is 1. The minimum Gasteiger partial charge on any atom is -0.319 e. The molecule has 0 fully saturated rings. The highest BCUT2D eigenvalue weighted by atomic mass is 32.2. The number of benzene rings is 2. The Balaban J connectivity index is 1.96. The highest BCUT2D eigenvalue weighted by molar-refractivity contribution is 7.91. The number of rotatable bonds is 4. The van der Waals surface area contributed by atoms with Crippen molar-refractivity contribution in [1.82, 2.24) is 9.97 Å². The Bertz CT molecular complexity index is 1060. The summed E-state index contributed by atoms with van der Waals surface area (Å²) in [5.41, 5.74) is 0.745. The van der Waals surface area contributed by atoms with Crippen LogP contribution in [0.4, 0.5) is 14.5 Å². The van der Waals surface area contributed by atoms with Crippen LogP contribution in [-0.4, -0.2) is 30.1 Å². The molecule has 25 heavy (non-hydrogen) atoms. The molecule has 0 saturated carbocycles. The van der Waals surface area contributed by atoms with Crippen molar-refractivity contribution < 1.29 is 22.0 Å². The summed E-state index contributed by atoms with van der Waals surface area (Å²) in [6.45, 7) is 0. The molecule has 3 rings (SSSR count). The molecule has 0 spiro atoms. The maximum Gasteiger partial charge on any atom is 0.341 e. The van der Waals surface area contributed by atoms with Gasteiger partial charge in [0, 0.05) is 0 Å². The summed E-state index contributed by atoms with van der Waals surface area (Å²) in [4.78, 5) is 19.9. The third-order valence-corrected chi connectivity index (χ3v) is 4.80. The molecule has 0 unspecified atom stereocenters. The summed E-state index contributed by atoms with van der Waals surface area (Å²) in [7, 11) is -4.85. The number of anilines is 1. The third kappa shape index (κ3) is 3.31. The summed E-state index contributed by atoms with van der Waals surface area (Å²) in [5.74, 6) is -4.35. The van der Waals surface area contributed by atoms with Crippen LogP contribution in [0.15, 0.2) is 59.6 Å². The number of para-hydroxylation sites is 3. The maximum atomic E-state index is 12.8. The fourth-order valence-corrected chi connectivity index (χ4v) is 3.05. The number of nitrogens with zero attached hydrogens (tertiary/aromatic N) is 2. The van der Waals surface area contributed by atoms with Crippen LogP contribution < -0.4 is 5.32 Å². The van der Waals surface area contributed by atoms with Gasteiger partial charge in [-0.25, -0.2) is 13.4 Å². The van der Waals surface area contributed by atoms with Gasteiger partial charge in [-0.1, -0.05) is 24.3 Å². The Kier molecular flexibility index (Phi) is 4.41. The predicted octanol–water partition coefficient (Wildman–Crippen LogP) is 2.88. The molecule has 2 aromatic carbocycles. The molecule has 0 radical (unpaired) electrons. The van der Waals surface area contributed by atoms with Gasteiger partial charge in [-0.05, 0) is 24.3 Å². The first-order chi connectivity index (χ1) is 11.9. The van der Waals surface area contributed by atoms with Crippen LogP contribution in [0.25, 0.3) is 11.0 Å². The summed E-state index contributed by atoms with van der Waals surface area (Å²) in [6.07, 6.45) is 1.22. The molecule has 0 saturated heterocycles. The number of nitrogens with one attached hydrogen (secondary N) is 1. The van der Waals surface area contributed by atoms with Gasteiger partial charge in [0.05, 0.1) is 27.8 Å². The Morgan fingerprint density at radius 2 is 1.64 bits per heavy atom. The van der Waals surface area contributed by atoms with E-state index in [2.05, 4.69) is 15.3 Å². The molecule has 1 heterocycles. The fourth-order valence-electron chi connectivity index (χ4n) is 2.17. The zero-order valence-corrected chi connectivity index (χ0v) is 13.4. The SMILES string of the molecule is O=C(Nc1ccccc1S(=O)(=O)C(F)F)c1cnc2ccccc2n1. The van der Waals surface area contributed by atoms with Gasteiger partial charge in [-0.2, -0.15) is 8.78 Å². The second-order valence-electron chi connectivity index (χ2n) is 5.00. The van der Waals surface area contributed by atoms with Gasteiger partial charge in [-0.3, -0.25) is 9.78 Å². The second-order valence-corrected chi connectivity index (χ2v) is 6.89. The number of alkyl halides is 2. The molecule has 0 bridgehead atoms.